The molecule has 0 spiro atoms. The molecule has 0 atom stereocenters. The number of hydrogen-bond acceptors (Lipinski definition) is 5. The van der Waals surface area contributed by atoms with E-state index in [9.17, 15) is 9.59 Å². The van der Waals surface area contributed by atoms with Gasteiger partial charge in [-0.05, 0) is 43.5 Å². The average molecular weight is 372 g/mol. The monoisotopic (exact) mass is 371 g/mol. The molecular weight excluding hydrogens is 350 g/mol. The van der Waals surface area contributed by atoms with E-state index in [4.69, 9.17) is 9.47 Å². The van der Waals surface area contributed by atoms with Crippen LogP contribution in [0.25, 0.3) is 0 Å². The summed E-state index contributed by atoms with van der Waals surface area (Å²) in [4.78, 5) is 23.4. The Morgan fingerprint density at radius 3 is 2.41 bits per heavy atom. The van der Waals surface area contributed by atoms with E-state index in [0.29, 0.717) is 31.7 Å². The first kappa shape index (κ1) is 18.6. The Morgan fingerprint density at radius 2 is 1.82 bits per heavy atom. The lowest BCUT2D eigenvalue weighted by molar-refractivity contribution is -0.142. The van der Waals surface area contributed by atoms with Crippen molar-refractivity contribution in [2.75, 3.05) is 19.8 Å². The van der Waals surface area contributed by atoms with E-state index in [2.05, 4.69) is 21.2 Å². The Balaban J connectivity index is 2.89. The molecule has 0 amide bonds. The van der Waals surface area contributed by atoms with Gasteiger partial charge in [0.2, 0.25) is 0 Å². The van der Waals surface area contributed by atoms with Crippen molar-refractivity contribution in [3.8, 4) is 0 Å². The highest BCUT2D eigenvalue weighted by molar-refractivity contribution is 9.10. The van der Waals surface area contributed by atoms with E-state index in [-0.39, 0.29) is 18.5 Å². The van der Waals surface area contributed by atoms with Crippen LogP contribution in [0.3, 0.4) is 0 Å². The fourth-order valence-corrected chi connectivity index (χ4v) is 2.68. The molecule has 1 N–H and O–H groups in total. The van der Waals surface area contributed by atoms with Crippen molar-refractivity contribution in [1.82, 2.24) is 5.32 Å². The van der Waals surface area contributed by atoms with Crippen LogP contribution in [0.5, 0.6) is 0 Å². The van der Waals surface area contributed by atoms with Gasteiger partial charge in [0, 0.05) is 11.0 Å². The first-order chi connectivity index (χ1) is 10.5. The molecular formula is C16H22BrNO4. The Hall–Kier alpha value is -1.40. The van der Waals surface area contributed by atoms with Gasteiger partial charge < -0.3 is 14.8 Å². The smallest absolute Gasteiger partial charge is 0.338 e. The van der Waals surface area contributed by atoms with Crippen LogP contribution >= 0.6 is 15.9 Å². The van der Waals surface area contributed by atoms with Crippen molar-refractivity contribution in [3.63, 3.8) is 0 Å². The lowest BCUT2D eigenvalue weighted by atomic mass is 9.98. The highest BCUT2D eigenvalue weighted by Crippen LogP contribution is 2.23. The molecule has 0 saturated carbocycles. The molecule has 0 radical (unpaired) electrons. The van der Waals surface area contributed by atoms with Crippen molar-refractivity contribution in [2.45, 2.75) is 33.7 Å². The van der Waals surface area contributed by atoms with Crippen LogP contribution in [-0.2, 0) is 27.2 Å². The zero-order chi connectivity index (χ0) is 16.5. The van der Waals surface area contributed by atoms with Crippen LogP contribution in [0.4, 0.5) is 0 Å². The topological polar surface area (TPSA) is 64.6 Å². The standard InChI is InChI=1S/C16H22BrNO4/c1-4-13-11(9-18-10-15(19)21-5-2)7-12(17)8-14(13)16(20)22-6-3/h7-8,18H,4-6,9-10H2,1-3H3. The van der Waals surface area contributed by atoms with Gasteiger partial charge >= 0.3 is 11.9 Å². The highest BCUT2D eigenvalue weighted by atomic mass is 79.9. The third-order valence-electron chi connectivity index (χ3n) is 3.05. The molecule has 0 aromatic heterocycles. The number of ether oxygens (including phenoxy) is 2. The van der Waals surface area contributed by atoms with Gasteiger partial charge in [0.15, 0.2) is 0 Å². The predicted octanol–water partition coefficient (Wildman–Crippen LogP) is 2.84. The SMILES string of the molecule is CCOC(=O)CNCc1cc(Br)cc(C(=O)OCC)c1CC. The van der Waals surface area contributed by atoms with Gasteiger partial charge in [0.05, 0.1) is 25.3 Å². The van der Waals surface area contributed by atoms with E-state index < -0.39 is 0 Å². The van der Waals surface area contributed by atoms with Gasteiger partial charge in [-0.2, -0.15) is 0 Å². The number of nitrogens with one attached hydrogen (secondary N) is 1. The summed E-state index contributed by atoms with van der Waals surface area (Å²) in [6.07, 6.45) is 0.706. The van der Waals surface area contributed by atoms with E-state index in [1.54, 1.807) is 19.9 Å². The summed E-state index contributed by atoms with van der Waals surface area (Å²) in [6, 6.07) is 3.71. The summed E-state index contributed by atoms with van der Waals surface area (Å²) < 4.78 is 10.8. The first-order valence-corrected chi connectivity index (χ1v) is 8.17. The van der Waals surface area contributed by atoms with Gasteiger partial charge in [0.1, 0.15) is 0 Å². The average Bonchev–Trinajstić information content (AvgIpc) is 2.47. The maximum atomic E-state index is 12.1. The number of halogens is 1. The number of hydrogen-bond donors (Lipinski definition) is 1. The molecule has 0 aliphatic carbocycles. The molecule has 0 heterocycles. The lowest BCUT2D eigenvalue weighted by Crippen LogP contribution is -2.25. The summed E-state index contributed by atoms with van der Waals surface area (Å²) >= 11 is 3.41. The molecule has 6 heteroatoms. The lowest BCUT2D eigenvalue weighted by Gasteiger charge is -2.14. The van der Waals surface area contributed by atoms with Crippen LogP contribution < -0.4 is 5.32 Å². The van der Waals surface area contributed by atoms with Crippen LogP contribution in [0.1, 0.15) is 42.3 Å². The van der Waals surface area contributed by atoms with Crippen molar-refractivity contribution in [2.24, 2.45) is 0 Å². The molecule has 1 aromatic rings. The van der Waals surface area contributed by atoms with Crippen molar-refractivity contribution >= 4 is 27.9 Å². The van der Waals surface area contributed by atoms with Crippen LogP contribution in [-0.4, -0.2) is 31.7 Å². The maximum absolute atomic E-state index is 12.1. The molecule has 1 aromatic carbocycles. The Kier molecular flexibility index (Phi) is 8.12. The second-order valence-electron chi connectivity index (χ2n) is 4.57. The van der Waals surface area contributed by atoms with Gasteiger partial charge in [-0.25, -0.2) is 4.79 Å². The molecule has 0 unspecified atom stereocenters. The third kappa shape index (κ3) is 5.42. The minimum atomic E-state index is -0.327. The number of carbonyl (C=O) groups is 2. The zero-order valence-electron chi connectivity index (χ0n) is 13.2. The number of benzene rings is 1. The Labute approximate surface area is 139 Å². The van der Waals surface area contributed by atoms with E-state index >= 15 is 0 Å². The Bertz CT molecular complexity index is 531. The van der Waals surface area contributed by atoms with Crippen LogP contribution in [0.15, 0.2) is 16.6 Å². The van der Waals surface area contributed by atoms with Gasteiger partial charge in [0.25, 0.3) is 0 Å². The summed E-state index contributed by atoms with van der Waals surface area (Å²) in [5.41, 5.74) is 2.45. The van der Waals surface area contributed by atoms with Crippen LogP contribution in [0, 0.1) is 0 Å². The van der Waals surface area contributed by atoms with E-state index in [1.165, 1.54) is 0 Å². The molecule has 0 bridgehead atoms. The molecule has 0 aliphatic rings. The normalized spacial score (nSPS) is 10.4. The second-order valence-corrected chi connectivity index (χ2v) is 5.49. The minimum Gasteiger partial charge on any atom is -0.465 e. The first-order valence-electron chi connectivity index (χ1n) is 7.38. The number of carbonyl (C=O) groups excluding carboxylic acids is 2. The van der Waals surface area contributed by atoms with Crippen LogP contribution in [0.2, 0.25) is 0 Å². The summed E-state index contributed by atoms with van der Waals surface area (Å²) in [5, 5.41) is 3.04. The largest absolute Gasteiger partial charge is 0.465 e. The number of rotatable bonds is 8. The minimum absolute atomic E-state index is 0.137. The van der Waals surface area contributed by atoms with Gasteiger partial charge in [-0.3, -0.25) is 4.79 Å². The molecule has 22 heavy (non-hydrogen) atoms. The zero-order valence-corrected chi connectivity index (χ0v) is 14.8. The second kappa shape index (κ2) is 9.58. The fourth-order valence-electron chi connectivity index (χ4n) is 2.17. The maximum Gasteiger partial charge on any atom is 0.338 e. The molecule has 122 valence electrons. The van der Waals surface area contributed by atoms with E-state index in [1.807, 2.05) is 13.0 Å². The molecule has 0 fully saturated rings. The molecule has 0 saturated heterocycles. The predicted molar refractivity (Wildman–Crippen MR) is 87.8 cm³/mol. The van der Waals surface area contributed by atoms with E-state index in [0.717, 1.165) is 15.6 Å². The quantitative estimate of drug-likeness (QED) is 0.711. The third-order valence-corrected chi connectivity index (χ3v) is 3.50. The summed E-state index contributed by atoms with van der Waals surface area (Å²) in [7, 11) is 0. The van der Waals surface area contributed by atoms with Gasteiger partial charge in [-0.1, -0.05) is 22.9 Å². The molecule has 5 nitrogen and oxygen atoms in total. The fraction of sp³-hybridized carbons (Fsp3) is 0.500. The molecule has 0 aliphatic heterocycles. The van der Waals surface area contributed by atoms with Crippen molar-refractivity contribution in [3.05, 3.63) is 33.3 Å². The molecule has 1 rings (SSSR count). The van der Waals surface area contributed by atoms with Crippen molar-refractivity contribution < 1.29 is 19.1 Å². The van der Waals surface area contributed by atoms with Crippen molar-refractivity contribution in [1.29, 1.82) is 0 Å². The highest BCUT2D eigenvalue weighted by Gasteiger charge is 2.16. The number of esters is 2. The summed E-state index contributed by atoms with van der Waals surface area (Å²) in [5.74, 6) is -0.617. The summed E-state index contributed by atoms with van der Waals surface area (Å²) in [6.45, 7) is 6.86. The Morgan fingerprint density at radius 1 is 1.14 bits per heavy atom. The van der Waals surface area contributed by atoms with Gasteiger partial charge in [-0.15, -0.1) is 0 Å².